The van der Waals surface area contributed by atoms with Crippen LogP contribution in [0, 0.1) is 0 Å². The molecule has 138 valence electrons. The van der Waals surface area contributed by atoms with Gasteiger partial charge in [-0.2, -0.15) is 0 Å². The zero-order chi connectivity index (χ0) is 19.1. The van der Waals surface area contributed by atoms with Crippen molar-refractivity contribution in [3.05, 3.63) is 94.0 Å². The van der Waals surface area contributed by atoms with Gasteiger partial charge in [-0.3, -0.25) is 4.79 Å². The quantitative estimate of drug-likeness (QED) is 0.476. The highest BCUT2D eigenvalue weighted by atomic mass is 35.5. The lowest BCUT2D eigenvalue weighted by Gasteiger charge is -2.13. The Morgan fingerprint density at radius 2 is 1.67 bits per heavy atom. The standard InChI is InChI=1S/C22H19Cl2NO2/c23-17-12-13-18(19(24)15-17)22(26)25-20-10-4-5-11-21(20)27-14-6-9-16-7-2-1-3-8-16/h1-5,7-8,10-13,15H,6,9,14H2,(H,25,26). The van der Waals surface area contributed by atoms with Crippen LogP contribution < -0.4 is 10.1 Å². The maximum atomic E-state index is 12.5. The summed E-state index contributed by atoms with van der Waals surface area (Å²) in [4.78, 5) is 12.5. The molecule has 0 saturated heterocycles. The van der Waals surface area contributed by atoms with Crippen molar-refractivity contribution >= 4 is 34.8 Å². The van der Waals surface area contributed by atoms with E-state index in [1.165, 1.54) is 5.56 Å². The summed E-state index contributed by atoms with van der Waals surface area (Å²) in [5.41, 5.74) is 2.24. The Balaban J connectivity index is 1.61. The van der Waals surface area contributed by atoms with E-state index in [-0.39, 0.29) is 5.91 Å². The molecular weight excluding hydrogens is 381 g/mol. The zero-order valence-electron chi connectivity index (χ0n) is 14.6. The SMILES string of the molecule is O=C(Nc1ccccc1OCCCc1ccccc1)c1ccc(Cl)cc1Cl. The van der Waals surface area contributed by atoms with Crippen LogP contribution in [-0.4, -0.2) is 12.5 Å². The first-order valence-corrected chi connectivity index (χ1v) is 9.41. The van der Waals surface area contributed by atoms with E-state index in [9.17, 15) is 4.79 Å². The molecule has 0 spiro atoms. The molecule has 0 saturated carbocycles. The maximum Gasteiger partial charge on any atom is 0.257 e. The predicted molar refractivity (Wildman–Crippen MR) is 111 cm³/mol. The molecule has 0 unspecified atom stereocenters. The maximum absolute atomic E-state index is 12.5. The molecule has 0 heterocycles. The van der Waals surface area contributed by atoms with Crippen LogP contribution in [0.3, 0.4) is 0 Å². The van der Waals surface area contributed by atoms with Crippen LogP contribution in [0.2, 0.25) is 10.0 Å². The minimum Gasteiger partial charge on any atom is -0.491 e. The van der Waals surface area contributed by atoms with Crippen LogP contribution >= 0.6 is 23.2 Å². The number of halogens is 2. The van der Waals surface area contributed by atoms with Gasteiger partial charge in [0.2, 0.25) is 0 Å². The van der Waals surface area contributed by atoms with Crippen LogP contribution in [0.5, 0.6) is 5.75 Å². The van der Waals surface area contributed by atoms with Gasteiger partial charge in [0.05, 0.1) is 22.9 Å². The molecule has 3 nitrogen and oxygen atoms in total. The highest BCUT2D eigenvalue weighted by Gasteiger charge is 2.13. The first-order valence-electron chi connectivity index (χ1n) is 8.65. The van der Waals surface area contributed by atoms with Gasteiger partial charge in [-0.15, -0.1) is 0 Å². The summed E-state index contributed by atoms with van der Waals surface area (Å²) in [7, 11) is 0. The summed E-state index contributed by atoms with van der Waals surface area (Å²) >= 11 is 12.0. The topological polar surface area (TPSA) is 38.3 Å². The van der Waals surface area contributed by atoms with Gasteiger partial charge in [0, 0.05) is 5.02 Å². The molecule has 3 aromatic carbocycles. The monoisotopic (exact) mass is 399 g/mol. The van der Waals surface area contributed by atoms with E-state index < -0.39 is 0 Å². The van der Waals surface area contributed by atoms with Crippen molar-refractivity contribution in [3.8, 4) is 5.75 Å². The summed E-state index contributed by atoms with van der Waals surface area (Å²) in [5.74, 6) is 0.320. The van der Waals surface area contributed by atoms with Crippen LogP contribution in [-0.2, 0) is 6.42 Å². The third-order valence-electron chi connectivity index (χ3n) is 4.02. The Bertz CT molecular complexity index is 913. The number of carbonyl (C=O) groups is 1. The number of carbonyl (C=O) groups excluding carboxylic acids is 1. The lowest BCUT2D eigenvalue weighted by Crippen LogP contribution is -2.13. The van der Waals surface area contributed by atoms with Crippen molar-refractivity contribution in [2.24, 2.45) is 0 Å². The Hall–Kier alpha value is -2.49. The Kier molecular flexibility index (Phi) is 6.74. The normalized spacial score (nSPS) is 10.4. The van der Waals surface area contributed by atoms with Crippen molar-refractivity contribution < 1.29 is 9.53 Å². The van der Waals surface area contributed by atoms with E-state index in [4.69, 9.17) is 27.9 Å². The van der Waals surface area contributed by atoms with E-state index in [1.807, 2.05) is 36.4 Å². The van der Waals surface area contributed by atoms with Gasteiger partial charge in [-0.1, -0.05) is 65.7 Å². The zero-order valence-corrected chi connectivity index (χ0v) is 16.1. The van der Waals surface area contributed by atoms with Gasteiger partial charge in [0.1, 0.15) is 5.75 Å². The number of benzene rings is 3. The fraction of sp³-hybridized carbons (Fsp3) is 0.136. The second kappa shape index (κ2) is 9.45. The molecule has 1 amide bonds. The Morgan fingerprint density at radius 3 is 2.44 bits per heavy atom. The molecular formula is C22H19Cl2NO2. The molecule has 0 aliphatic carbocycles. The lowest BCUT2D eigenvalue weighted by molar-refractivity contribution is 0.102. The van der Waals surface area contributed by atoms with E-state index >= 15 is 0 Å². The number of aryl methyl sites for hydroxylation is 1. The molecule has 0 bridgehead atoms. The highest BCUT2D eigenvalue weighted by Crippen LogP contribution is 2.27. The van der Waals surface area contributed by atoms with Gasteiger partial charge in [-0.25, -0.2) is 0 Å². The molecule has 0 aliphatic heterocycles. The number of amides is 1. The minimum atomic E-state index is -0.308. The summed E-state index contributed by atoms with van der Waals surface area (Å²) in [5, 5.41) is 3.65. The van der Waals surface area contributed by atoms with E-state index in [1.54, 1.807) is 24.3 Å². The molecule has 5 heteroatoms. The molecule has 0 aromatic heterocycles. The third kappa shape index (κ3) is 5.49. The Morgan fingerprint density at radius 1 is 0.926 bits per heavy atom. The Labute approximate surface area is 168 Å². The molecule has 27 heavy (non-hydrogen) atoms. The smallest absolute Gasteiger partial charge is 0.257 e. The molecule has 0 radical (unpaired) electrons. The van der Waals surface area contributed by atoms with Crippen molar-refractivity contribution in [3.63, 3.8) is 0 Å². The summed E-state index contributed by atoms with van der Waals surface area (Å²) in [6.45, 7) is 0.559. The van der Waals surface area contributed by atoms with Crippen molar-refractivity contribution in [2.75, 3.05) is 11.9 Å². The average Bonchev–Trinajstić information content (AvgIpc) is 2.67. The largest absolute Gasteiger partial charge is 0.491 e. The number of hydrogen-bond donors (Lipinski definition) is 1. The fourth-order valence-corrected chi connectivity index (χ4v) is 3.16. The molecule has 3 aromatic rings. The fourth-order valence-electron chi connectivity index (χ4n) is 2.66. The summed E-state index contributed by atoms with van der Waals surface area (Å²) in [6, 6.07) is 22.4. The minimum absolute atomic E-state index is 0.307. The number of nitrogens with one attached hydrogen (secondary N) is 1. The average molecular weight is 400 g/mol. The van der Waals surface area contributed by atoms with Gasteiger partial charge < -0.3 is 10.1 Å². The van der Waals surface area contributed by atoms with Crippen LogP contribution in [0.25, 0.3) is 0 Å². The van der Waals surface area contributed by atoms with Crippen LogP contribution in [0.4, 0.5) is 5.69 Å². The molecule has 0 aliphatic rings. The van der Waals surface area contributed by atoms with Crippen molar-refractivity contribution in [2.45, 2.75) is 12.8 Å². The lowest BCUT2D eigenvalue weighted by atomic mass is 10.1. The van der Waals surface area contributed by atoms with E-state index in [0.717, 1.165) is 12.8 Å². The first kappa shape index (κ1) is 19.3. The van der Waals surface area contributed by atoms with Gasteiger partial charge >= 0.3 is 0 Å². The van der Waals surface area contributed by atoms with Crippen molar-refractivity contribution in [1.82, 2.24) is 0 Å². The molecule has 0 atom stereocenters. The number of para-hydroxylation sites is 2. The predicted octanol–water partition coefficient (Wildman–Crippen LogP) is 6.26. The number of rotatable bonds is 7. The van der Waals surface area contributed by atoms with Gasteiger partial charge in [-0.05, 0) is 48.7 Å². The van der Waals surface area contributed by atoms with Gasteiger partial charge in [0.15, 0.2) is 0 Å². The molecule has 0 fully saturated rings. The van der Waals surface area contributed by atoms with E-state index in [0.29, 0.717) is 33.7 Å². The van der Waals surface area contributed by atoms with Crippen molar-refractivity contribution in [1.29, 1.82) is 0 Å². The second-order valence-electron chi connectivity index (χ2n) is 6.01. The van der Waals surface area contributed by atoms with Crippen LogP contribution in [0.15, 0.2) is 72.8 Å². The molecule has 1 N–H and O–H groups in total. The first-order chi connectivity index (χ1) is 13.1. The van der Waals surface area contributed by atoms with E-state index in [2.05, 4.69) is 17.4 Å². The number of hydrogen-bond acceptors (Lipinski definition) is 2. The third-order valence-corrected chi connectivity index (χ3v) is 4.57. The van der Waals surface area contributed by atoms with Crippen LogP contribution in [0.1, 0.15) is 22.3 Å². The molecule has 3 rings (SSSR count). The highest BCUT2D eigenvalue weighted by molar-refractivity contribution is 6.37. The van der Waals surface area contributed by atoms with Gasteiger partial charge in [0.25, 0.3) is 5.91 Å². The number of anilines is 1. The summed E-state index contributed by atoms with van der Waals surface area (Å²) in [6.07, 6.45) is 1.82. The second-order valence-corrected chi connectivity index (χ2v) is 6.86. The number of ether oxygens (including phenoxy) is 1. The summed E-state index contributed by atoms with van der Waals surface area (Å²) < 4.78 is 5.88.